The Morgan fingerprint density at radius 2 is 1.93 bits per heavy atom. The molecule has 0 heterocycles. The number of rotatable bonds is 4. The van der Waals surface area contributed by atoms with Gasteiger partial charge in [0.15, 0.2) is 0 Å². The third-order valence-electron chi connectivity index (χ3n) is 2.97. The van der Waals surface area contributed by atoms with Crippen LogP contribution in [0, 0.1) is 0 Å². The molecule has 1 aromatic carbocycles. The average Bonchev–Trinajstić information content (AvgIpc) is 2.68. The number of hydrogen-bond donors (Lipinski definition) is 3. The molecule has 0 radical (unpaired) electrons. The first-order valence-electron chi connectivity index (χ1n) is 5.48. The SMILES string of the molecule is NCC(O)CNC1Cc2ccccc2C1. The summed E-state index contributed by atoms with van der Waals surface area (Å²) in [4.78, 5) is 0. The largest absolute Gasteiger partial charge is 0.390 e. The molecule has 0 aromatic heterocycles. The number of nitrogens with two attached hydrogens (primary N) is 1. The number of aliphatic hydroxyl groups excluding tert-OH is 1. The summed E-state index contributed by atoms with van der Waals surface area (Å²) in [7, 11) is 0. The van der Waals surface area contributed by atoms with E-state index in [1.54, 1.807) is 0 Å². The lowest BCUT2D eigenvalue weighted by Crippen LogP contribution is -2.39. The first kappa shape index (κ1) is 10.6. The molecule has 0 amide bonds. The molecule has 1 aromatic rings. The minimum atomic E-state index is -0.422. The van der Waals surface area contributed by atoms with Crippen molar-refractivity contribution in [2.75, 3.05) is 13.1 Å². The molecule has 0 saturated carbocycles. The standard InChI is InChI=1S/C12H18N2O/c13-7-12(15)8-14-11-5-9-3-1-2-4-10(9)6-11/h1-4,11-12,14-15H,5-8,13H2. The Balaban J connectivity index is 1.85. The highest BCUT2D eigenvalue weighted by atomic mass is 16.3. The minimum absolute atomic E-state index is 0.326. The Morgan fingerprint density at radius 3 is 2.47 bits per heavy atom. The van der Waals surface area contributed by atoms with Gasteiger partial charge in [0.1, 0.15) is 0 Å². The highest BCUT2D eigenvalue weighted by molar-refractivity contribution is 5.33. The van der Waals surface area contributed by atoms with Crippen LogP contribution in [0.15, 0.2) is 24.3 Å². The molecule has 3 nitrogen and oxygen atoms in total. The smallest absolute Gasteiger partial charge is 0.0786 e. The summed E-state index contributed by atoms with van der Waals surface area (Å²) in [5.74, 6) is 0. The number of aliphatic hydroxyl groups is 1. The molecule has 0 spiro atoms. The van der Waals surface area contributed by atoms with Crippen molar-refractivity contribution in [2.45, 2.75) is 25.0 Å². The number of hydrogen-bond acceptors (Lipinski definition) is 3. The molecule has 1 aliphatic carbocycles. The Hall–Kier alpha value is -0.900. The van der Waals surface area contributed by atoms with Crippen LogP contribution in [0.5, 0.6) is 0 Å². The van der Waals surface area contributed by atoms with Gasteiger partial charge in [-0.1, -0.05) is 24.3 Å². The monoisotopic (exact) mass is 206 g/mol. The van der Waals surface area contributed by atoms with Crippen LogP contribution in [0.2, 0.25) is 0 Å². The van der Waals surface area contributed by atoms with Gasteiger partial charge < -0.3 is 16.2 Å². The van der Waals surface area contributed by atoms with Crippen molar-refractivity contribution in [1.82, 2.24) is 5.32 Å². The van der Waals surface area contributed by atoms with Gasteiger partial charge in [-0.2, -0.15) is 0 Å². The maximum absolute atomic E-state index is 9.35. The fraction of sp³-hybridized carbons (Fsp3) is 0.500. The van der Waals surface area contributed by atoms with E-state index < -0.39 is 6.10 Å². The van der Waals surface area contributed by atoms with Crippen molar-refractivity contribution in [1.29, 1.82) is 0 Å². The lowest BCUT2D eigenvalue weighted by atomic mass is 10.1. The molecule has 0 bridgehead atoms. The summed E-state index contributed by atoms with van der Waals surface area (Å²) in [6.45, 7) is 0.918. The second kappa shape index (κ2) is 4.75. The van der Waals surface area contributed by atoms with E-state index in [0.717, 1.165) is 12.8 Å². The van der Waals surface area contributed by atoms with Gasteiger partial charge in [-0.25, -0.2) is 0 Å². The Morgan fingerprint density at radius 1 is 1.33 bits per heavy atom. The van der Waals surface area contributed by atoms with Gasteiger partial charge in [0.05, 0.1) is 6.10 Å². The molecule has 0 aliphatic heterocycles. The second-order valence-electron chi connectivity index (χ2n) is 4.17. The van der Waals surface area contributed by atoms with Crippen molar-refractivity contribution in [3.8, 4) is 0 Å². The van der Waals surface area contributed by atoms with Crippen LogP contribution in [0.4, 0.5) is 0 Å². The van der Waals surface area contributed by atoms with Gasteiger partial charge >= 0.3 is 0 Å². The predicted octanol–water partition coefficient (Wildman–Crippen LogP) is 0.0630. The highest BCUT2D eigenvalue weighted by Crippen LogP contribution is 2.21. The number of fused-ring (bicyclic) bond motifs is 1. The van der Waals surface area contributed by atoms with Gasteiger partial charge in [0.2, 0.25) is 0 Å². The lowest BCUT2D eigenvalue weighted by molar-refractivity contribution is 0.175. The second-order valence-corrected chi connectivity index (χ2v) is 4.17. The van der Waals surface area contributed by atoms with Crippen LogP contribution < -0.4 is 11.1 Å². The van der Waals surface area contributed by atoms with Gasteiger partial charge in [-0.05, 0) is 24.0 Å². The first-order chi connectivity index (χ1) is 7.29. The van der Waals surface area contributed by atoms with Crippen LogP contribution in [0.1, 0.15) is 11.1 Å². The summed E-state index contributed by atoms with van der Waals surface area (Å²) < 4.78 is 0. The third-order valence-corrected chi connectivity index (χ3v) is 2.97. The van der Waals surface area contributed by atoms with E-state index in [4.69, 9.17) is 5.73 Å². The summed E-state index contributed by atoms with van der Waals surface area (Å²) in [6, 6.07) is 8.97. The maximum Gasteiger partial charge on any atom is 0.0786 e. The molecule has 1 aliphatic rings. The Bertz CT molecular complexity index is 302. The van der Waals surface area contributed by atoms with E-state index in [1.807, 2.05) is 0 Å². The molecule has 4 N–H and O–H groups in total. The zero-order chi connectivity index (χ0) is 10.7. The number of nitrogens with one attached hydrogen (secondary N) is 1. The van der Waals surface area contributed by atoms with E-state index in [-0.39, 0.29) is 0 Å². The summed E-state index contributed by atoms with van der Waals surface area (Å²) in [6.07, 6.45) is 1.70. The van der Waals surface area contributed by atoms with E-state index in [9.17, 15) is 5.11 Å². The topological polar surface area (TPSA) is 58.3 Å². The van der Waals surface area contributed by atoms with E-state index in [2.05, 4.69) is 29.6 Å². The molecule has 0 saturated heterocycles. The van der Waals surface area contributed by atoms with Crippen molar-refractivity contribution in [2.24, 2.45) is 5.73 Å². The number of benzene rings is 1. The van der Waals surface area contributed by atoms with Crippen molar-refractivity contribution >= 4 is 0 Å². The lowest BCUT2D eigenvalue weighted by Gasteiger charge is -2.14. The van der Waals surface area contributed by atoms with E-state index in [0.29, 0.717) is 19.1 Å². The molecule has 15 heavy (non-hydrogen) atoms. The van der Waals surface area contributed by atoms with E-state index >= 15 is 0 Å². The Labute approximate surface area is 90.3 Å². The van der Waals surface area contributed by atoms with Gasteiger partial charge in [0.25, 0.3) is 0 Å². The molecule has 1 unspecified atom stereocenters. The van der Waals surface area contributed by atoms with Crippen molar-refractivity contribution in [3.63, 3.8) is 0 Å². The molecule has 3 heteroatoms. The maximum atomic E-state index is 9.35. The molecular formula is C12H18N2O. The van der Waals surface area contributed by atoms with Crippen LogP contribution in [-0.4, -0.2) is 30.3 Å². The summed E-state index contributed by atoms with van der Waals surface area (Å²) >= 11 is 0. The predicted molar refractivity (Wildman–Crippen MR) is 60.7 cm³/mol. The van der Waals surface area contributed by atoms with Crippen LogP contribution >= 0.6 is 0 Å². The summed E-state index contributed by atoms with van der Waals surface area (Å²) in [5, 5.41) is 12.7. The normalized spacial score (nSPS) is 17.7. The molecule has 1 atom stereocenters. The fourth-order valence-electron chi connectivity index (χ4n) is 2.09. The fourth-order valence-corrected chi connectivity index (χ4v) is 2.09. The summed E-state index contributed by atoms with van der Waals surface area (Å²) in [5.41, 5.74) is 8.21. The van der Waals surface area contributed by atoms with Crippen molar-refractivity contribution in [3.05, 3.63) is 35.4 Å². The molecule has 0 fully saturated rings. The molecule has 2 rings (SSSR count). The first-order valence-corrected chi connectivity index (χ1v) is 5.48. The zero-order valence-electron chi connectivity index (χ0n) is 8.82. The zero-order valence-corrected chi connectivity index (χ0v) is 8.82. The minimum Gasteiger partial charge on any atom is -0.390 e. The van der Waals surface area contributed by atoms with Crippen LogP contribution in [-0.2, 0) is 12.8 Å². The van der Waals surface area contributed by atoms with Gasteiger partial charge in [-0.15, -0.1) is 0 Å². The average molecular weight is 206 g/mol. The van der Waals surface area contributed by atoms with Gasteiger partial charge in [-0.3, -0.25) is 0 Å². The molecule has 82 valence electrons. The molecular weight excluding hydrogens is 188 g/mol. The van der Waals surface area contributed by atoms with Crippen LogP contribution in [0.25, 0.3) is 0 Å². The van der Waals surface area contributed by atoms with Gasteiger partial charge in [0, 0.05) is 19.1 Å². The van der Waals surface area contributed by atoms with Crippen molar-refractivity contribution < 1.29 is 5.11 Å². The Kier molecular flexibility index (Phi) is 3.36. The van der Waals surface area contributed by atoms with Crippen LogP contribution in [0.3, 0.4) is 0 Å². The van der Waals surface area contributed by atoms with E-state index in [1.165, 1.54) is 11.1 Å². The quantitative estimate of drug-likeness (QED) is 0.653. The third kappa shape index (κ3) is 2.56. The highest BCUT2D eigenvalue weighted by Gasteiger charge is 2.20.